The van der Waals surface area contributed by atoms with Crippen molar-refractivity contribution in [2.45, 2.75) is 59.7 Å². The Morgan fingerprint density at radius 2 is 2.10 bits per heavy atom. The number of rotatable bonds is 5. The van der Waals surface area contributed by atoms with Crippen molar-refractivity contribution >= 4 is 17.2 Å². The summed E-state index contributed by atoms with van der Waals surface area (Å²) in [6.45, 7) is 9.50. The first-order chi connectivity index (χ1) is 14.0. The molecule has 1 aliphatic carbocycles. The predicted molar refractivity (Wildman–Crippen MR) is 114 cm³/mol. The molecule has 29 heavy (non-hydrogen) atoms. The molecule has 5 rings (SSSR count). The van der Waals surface area contributed by atoms with Gasteiger partial charge in [0.1, 0.15) is 5.69 Å². The molecule has 2 aliphatic rings. The summed E-state index contributed by atoms with van der Waals surface area (Å²) in [7, 11) is 0. The van der Waals surface area contributed by atoms with Crippen molar-refractivity contribution in [2.24, 2.45) is 5.92 Å². The highest BCUT2D eigenvalue weighted by Gasteiger charge is 2.31. The molecule has 1 aliphatic heterocycles. The molecule has 0 aromatic carbocycles. The van der Waals surface area contributed by atoms with Crippen LogP contribution in [0.25, 0.3) is 11.5 Å². The van der Waals surface area contributed by atoms with Gasteiger partial charge in [-0.3, -0.25) is 9.48 Å². The molecular formula is C22H27N5OS. The zero-order valence-electron chi connectivity index (χ0n) is 17.3. The van der Waals surface area contributed by atoms with Crippen molar-refractivity contribution in [3.8, 4) is 11.5 Å². The molecule has 1 amide bonds. The molecule has 152 valence electrons. The van der Waals surface area contributed by atoms with Gasteiger partial charge >= 0.3 is 0 Å². The van der Waals surface area contributed by atoms with Crippen LogP contribution in [0.2, 0.25) is 0 Å². The number of aryl methyl sites for hydroxylation is 3. The zero-order chi connectivity index (χ0) is 20.1. The van der Waals surface area contributed by atoms with Crippen LogP contribution in [0.15, 0.2) is 18.3 Å². The van der Waals surface area contributed by atoms with Crippen LogP contribution in [0.5, 0.6) is 0 Å². The fourth-order valence-electron chi connectivity index (χ4n) is 4.25. The fraction of sp³-hybridized carbons (Fsp3) is 0.500. The number of carbonyl (C=O) groups excluding carboxylic acids is 1. The van der Waals surface area contributed by atoms with Gasteiger partial charge in [0.25, 0.3) is 5.91 Å². The van der Waals surface area contributed by atoms with Crippen LogP contribution in [-0.4, -0.2) is 36.7 Å². The fourth-order valence-corrected chi connectivity index (χ4v) is 5.09. The molecule has 0 atom stereocenters. The first-order valence-corrected chi connectivity index (χ1v) is 11.3. The number of nitrogens with zero attached hydrogens (tertiary/aromatic N) is 5. The number of carbonyl (C=O) groups is 1. The molecule has 0 bridgehead atoms. The third kappa shape index (κ3) is 3.31. The van der Waals surface area contributed by atoms with Crippen molar-refractivity contribution in [2.75, 3.05) is 6.54 Å². The van der Waals surface area contributed by atoms with Gasteiger partial charge < -0.3 is 9.47 Å². The summed E-state index contributed by atoms with van der Waals surface area (Å²) >= 11 is 1.57. The van der Waals surface area contributed by atoms with Crippen LogP contribution in [0.4, 0.5) is 0 Å². The summed E-state index contributed by atoms with van der Waals surface area (Å²) < 4.78 is 4.43. The Morgan fingerprint density at radius 3 is 2.79 bits per heavy atom. The molecule has 4 heterocycles. The lowest BCUT2D eigenvalue weighted by Gasteiger charge is -2.27. The van der Waals surface area contributed by atoms with Crippen molar-refractivity contribution in [3.63, 3.8) is 0 Å². The summed E-state index contributed by atoms with van der Waals surface area (Å²) in [6.07, 6.45) is 5.41. The number of aromatic nitrogens is 4. The van der Waals surface area contributed by atoms with E-state index in [4.69, 9.17) is 10.1 Å². The largest absolute Gasteiger partial charge is 0.333 e. The highest BCUT2D eigenvalue weighted by atomic mass is 32.1. The number of hydrogen-bond donors (Lipinski definition) is 0. The molecule has 7 heteroatoms. The summed E-state index contributed by atoms with van der Waals surface area (Å²) in [5, 5.41) is 4.95. The third-order valence-corrected chi connectivity index (χ3v) is 7.07. The highest BCUT2D eigenvalue weighted by Crippen LogP contribution is 2.35. The minimum absolute atomic E-state index is 0.126. The molecular weight excluding hydrogens is 382 g/mol. The Kier molecular flexibility index (Phi) is 4.57. The van der Waals surface area contributed by atoms with Crippen molar-refractivity contribution in [3.05, 3.63) is 45.0 Å². The molecule has 3 aromatic heterocycles. The summed E-state index contributed by atoms with van der Waals surface area (Å²) in [5.41, 5.74) is 4.56. The minimum Gasteiger partial charge on any atom is -0.333 e. The second-order valence-electron chi connectivity index (χ2n) is 8.25. The Labute approximate surface area is 175 Å². The molecule has 3 aromatic rings. The van der Waals surface area contributed by atoms with Crippen molar-refractivity contribution in [1.82, 2.24) is 24.2 Å². The number of imidazole rings is 1. The number of fused-ring (bicyclic) bond motifs is 1. The Bertz CT molecular complexity index is 1070. The van der Waals surface area contributed by atoms with E-state index in [0.717, 1.165) is 48.4 Å². The quantitative estimate of drug-likeness (QED) is 0.639. The lowest BCUT2D eigenvalue weighted by molar-refractivity contribution is 0.0738. The van der Waals surface area contributed by atoms with Gasteiger partial charge in [0.2, 0.25) is 0 Å². The molecule has 0 unspecified atom stereocenters. The van der Waals surface area contributed by atoms with Crippen molar-refractivity contribution < 1.29 is 4.79 Å². The van der Waals surface area contributed by atoms with E-state index in [0.29, 0.717) is 6.54 Å². The molecule has 0 N–H and O–H groups in total. The van der Waals surface area contributed by atoms with Gasteiger partial charge in [-0.05, 0) is 51.7 Å². The van der Waals surface area contributed by atoms with E-state index in [1.807, 2.05) is 30.2 Å². The second-order valence-corrected chi connectivity index (χ2v) is 9.54. The van der Waals surface area contributed by atoms with E-state index in [1.165, 1.54) is 34.7 Å². The molecule has 1 saturated carbocycles. The summed E-state index contributed by atoms with van der Waals surface area (Å²) in [6, 6.07) is 3.96. The number of hydrogen-bond acceptors (Lipinski definition) is 4. The number of thiophene rings is 1. The molecule has 0 saturated heterocycles. The normalized spacial score (nSPS) is 16.3. The van der Waals surface area contributed by atoms with Crippen LogP contribution in [0.3, 0.4) is 0 Å². The van der Waals surface area contributed by atoms with E-state index in [1.54, 1.807) is 11.3 Å². The lowest BCUT2D eigenvalue weighted by atomic mass is 10.0. The first kappa shape index (κ1) is 18.6. The average molecular weight is 410 g/mol. The molecule has 6 nitrogen and oxygen atoms in total. The zero-order valence-corrected chi connectivity index (χ0v) is 18.1. The van der Waals surface area contributed by atoms with Crippen molar-refractivity contribution in [1.29, 1.82) is 0 Å². The van der Waals surface area contributed by atoms with Gasteiger partial charge in [0.05, 0.1) is 11.4 Å². The maximum atomic E-state index is 13.1. The van der Waals surface area contributed by atoms with E-state index in [-0.39, 0.29) is 5.91 Å². The molecule has 1 fully saturated rings. The third-order valence-electron chi connectivity index (χ3n) is 6.08. The Morgan fingerprint density at radius 1 is 1.28 bits per heavy atom. The first-order valence-electron chi connectivity index (χ1n) is 10.5. The van der Waals surface area contributed by atoms with Crippen LogP contribution in [0.1, 0.15) is 51.3 Å². The van der Waals surface area contributed by atoms with Gasteiger partial charge in [-0.1, -0.05) is 0 Å². The van der Waals surface area contributed by atoms with E-state index >= 15 is 0 Å². The van der Waals surface area contributed by atoms with Gasteiger partial charge in [0, 0.05) is 54.1 Å². The van der Waals surface area contributed by atoms with Crippen LogP contribution >= 0.6 is 11.3 Å². The molecule has 0 spiro atoms. The van der Waals surface area contributed by atoms with E-state index in [2.05, 4.69) is 23.1 Å². The van der Waals surface area contributed by atoms with Gasteiger partial charge in [-0.15, -0.1) is 11.3 Å². The van der Waals surface area contributed by atoms with Gasteiger partial charge in [-0.25, -0.2) is 4.98 Å². The average Bonchev–Trinajstić information content (AvgIpc) is 3.15. The smallest absolute Gasteiger partial charge is 0.264 e. The second kappa shape index (κ2) is 7.13. The predicted octanol–water partition coefficient (Wildman–Crippen LogP) is 4.05. The van der Waals surface area contributed by atoms with E-state index in [9.17, 15) is 4.79 Å². The SMILES string of the molecule is CCn1nc(-c2ncc(C)n2CC2CC2)c2c1CCN(C(=O)c1ccc(C)s1)C2. The Balaban J connectivity index is 1.51. The highest BCUT2D eigenvalue weighted by molar-refractivity contribution is 7.13. The van der Waals surface area contributed by atoms with Gasteiger partial charge in [-0.2, -0.15) is 5.10 Å². The minimum atomic E-state index is 0.126. The maximum absolute atomic E-state index is 13.1. The summed E-state index contributed by atoms with van der Waals surface area (Å²) in [4.78, 5) is 21.8. The van der Waals surface area contributed by atoms with Crippen LogP contribution in [0, 0.1) is 19.8 Å². The molecule has 0 radical (unpaired) electrons. The number of amides is 1. The standard InChI is InChI=1S/C22H27N5OS/c1-4-27-18-9-10-25(22(28)19-8-5-15(3)29-19)13-17(18)20(24-27)21-23-11-14(2)26(21)12-16-6-7-16/h5,8,11,16H,4,6-7,9-10,12-13H2,1-3H3. The van der Waals surface area contributed by atoms with E-state index < -0.39 is 0 Å². The maximum Gasteiger partial charge on any atom is 0.264 e. The van der Waals surface area contributed by atoms with Crippen LogP contribution < -0.4 is 0 Å². The van der Waals surface area contributed by atoms with Gasteiger partial charge in [0.15, 0.2) is 5.82 Å². The summed E-state index contributed by atoms with van der Waals surface area (Å²) in [5.74, 6) is 1.85. The lowest BCUT2D eigenvalue weighted by Crippen LogP contribution is -2.36. The topological polar surface area (TPSA) is 56.0 Å². The monoisotopic (exact) mass is 409 g/mol. The van der Waals surface area contributed by atoms with Crippen LogP contribution in [-0.2, 0) is 26.1 Å². The Hall–Kier alpha value is -2.41.